The van der Waals surface area contributed by atoms with Gasteiger partial charge >= 0.3 is 12.0 Å². The predicted molar refractivity (Wildman–Crippen MR) is 106 cm³/mol. The van der Waals surface area contributed by atoms with Crippen molar-refractivity contribution >= 4 is 41.5 Å². The molecule has 0 radical (unpaired) electrons. The Balaban J connectivity index is 1.90. The maximum atomic E-state index is 12.8. The molecule has 1 saturated heterocycles. The molecule has 2 aromatic rings. The Hall–Kier alpha value is -3.79. The van der Waals surface area contributed by atoms with Gasteiger partial charge in [-0.1, -0.05) is 11.6 Å². The third kappa shape index (κ3) is 4.86. The summed E-state index contributed by atoms with van der Waals surface area (Å²) < 4.78 is 20.2. The Morgan fingerprint density at radius 3 is 2.68 bits per heavy atom. The van der Waals surface area contributed by atoms with Gasteiger partial charge in [-0.05, 0) is 35.9 Å². The number of carbonyl (C=O) groups excluding carboxylic acids is 4. The summed E-state index contributed by atoms with van der Waals surface area (Å²) in [6, 6.07) is 5.22. The first kappa shape index (κ1) is 21.9. The number of hydrogen-bond acceptors (Lipinski definition) is 8. The van der Waals surface area contributed by atoms with Crippen molar-refractivity contribution in [2.45, 2.75) is 6.54 Å². The number of rotatable bonds is 7. The zero-order valence-corrected chi connectivity index (χ0v) is 17.2. The number of methoxy groups -OCH3 is 2. The Kier molecular flexibility index (Phi) is 6.61. The van der Waals surface area contributed by atoms with Crippen LogP contribution in [0.5, 0.6) is 11.5 Å². The standard InChI is InChI=1S/C20H17ClN2O8/c1-28-15-8-11(7-14(21)17(15)31-10-16(24)29-2)6-13-18(25)22-20(27)23(19(13)26)9-12-4-3-5-30-12/h3-8H,9-10H2,1-2H3,(H,22,25,27)/b13-6+. The maximum Gasteiger partial charge on any atom is 0.343 e. The van der Waals surface area contributed by atoms with Crippen LogP contribution in [0.25, 0.3) is 6.08 Å². The average Bonchev–Trinajstić information content (AvgIpc) is 3.26. The average molecular weight is 449 g/mol. The molecule has 0 saturated carbocycles. The first-order chi connectivity index (χ1) is 14.8. The van der Waals surface area contributed by atoms with Gasteiger partial charge in [0.1, 0.15) is 11.3 Å². The molecule has 0 unspecified atom stereocenters. The van der Waals surface area contributed by atoms with Crippen LogP contribution in [0.3, 0.4) is 0 Å². The van der Waals surface area contributed by atoms with Gasteiger partial charge in [-0.25, -0.2) is 9.59 Å². The fourth-order valence-electron chi connectivity index (χ4n) is 2.72. The van der Waals surface area contributed by atoms with Gasteiger partial charge in [-0.2, -0.15) is 0 Å². The van der Waals surface area contributed by atoms with Crippen molar-refractivity contribution in [1.29, 1.82) is 0 Å². The van der Waals surface area contributed by atoms with Gasteiger partial charge in [0, 0.05) is 0 Å². The molecule has 2 heterocycles. The molecule has 162 valence electrons. The van der Waals surface area contributed by atoms with Crippen LogP contribution in [-0.2, 0) is 25.7 Å². The van der Waals surface area contributed by atoms with Gasteiger partial charge in [0.25, 0.3) is 11.8 Å². The van der Waals surface area contributed by atoms with Crippen LogP contribution in [0.15, 0.2) is 40.5 Å². The summed E-state index contributed by atoms with van der Waals surface area (Å²) >= 11 is 6.23. The number of hydrogen-bond donors (Lipinski definition) is 1. The van der Waals surface area contributed by atoms with Crippen molar-refractivity contribution in [3.8, 4) is 11.5 Å². The van der Waals surface area contributed by atoms with Crippen LogP contribution in [0.4, 0.5) is 4.79 Å². The van der Waals surface area contributed by atoms with E-state index in [2.05, 4.69) is 10.1 Å². The lowest BCUT2D eigenvalue weighted by molar-refractivity contribution is -0.143. The molecule has 0 aliphatic carbocycles. The van der Waals surface area contributed by atoms with Gasteiger partial charge in [0.2, 0.25) is 0 Å². The zero-order chi connectivity index (χ0) is 22.5. The van der Waals surface area contributed by atoms with Gasteiger partial charge in [0.15, 0.2) is 18.1 Å². The maximum absolute atomic E-state index is 12.8. The van der Waals surface area contributed by atoms with Crippen LogP contribution >= 0.6 is 11.6 Å². The van der Waals surface area contributed by atoms with E-state index in [9.17, 15) is 19.2 Å². The highest BCUT2D eigenvalue weighted by Crippen LogP contribution is 2.37. The summed E-state index contributed by atoms with van der Waals surface area (Å²) in [5, 5.41) is 2.18. The first-order valence-electron chi connectivity index (χ1n) is 8.82. The molecule has 31 heavy (non-hydrogen) atoms. The second kappa shape index (κ2) is 9.35. The number of barbiturate groups is 1. The topological polar surface area (TPSA) is 124 Å². The van der Waals surface area contributed by atoms with E-state index in [1.807, 2.05) is 0 Å². The van der Waals surface area contributed by atoms with Crippen molar-refractivity contribution in [3.63, 3.8) is 0 Å². The van der Waals surface area contributed by atoms with Crippen molar-refractivity contribution in [3.05, 3.63) is 52.4 Å². The van der Waals surface area contributed by atoms with Crippen molar-refractivity contribution < 1.29 is 37.8 Å². The molecule has 0 spiro atoms. The fraction of sp³-hybridized carbons (Fsp3) is 0.200. The minimum Gasteiger partial charge on any atom is -0.493 e. The largest absolute Gasteiger partial charge is 0.493 e. The molecule has 1 fully saturated rings. The van der Waals surface area contributed by atoms with Crippen molar-refractivity contribution in [2.75, 3.05) is 20.8 Å². The van der Waals surface area contributed by atoms with E-state index in [0.717, 1.165) is 4.90 Å². The normalized spacial score (nSPS) is 15.1. The van der Waals surface area contributed by atoms with Crippen LogP contribution in [-0.4, -0.2) is 49.5 Å². The third-order valence-corrected chi connectivity index (χ3v) is 4.49. The molecule has 1 aliphatic rings. The second-order valence-corrected chi connectivity index (χ2v) is 6.59. The Morgan fingerprint density at radius 2 is 2.03 bits per heavy atom. The summed E-state index contributed by atoms with van der Waals surface area (Å²) in [4.78, 5) is 49.3. The van der Waals surface area contributed by atoms with Gasteiger partial charge in [-0.15, -0.1) is 0 Å². The van der Waals surface area contributed by atoms with Crippen LogP contribution in [0.1, 0.15) is 11.3 Å². The number of benzene rings is 1. The molecule has 4 amide bonds. The highest BCUT2D eigenvalue weighted by atomic mass is 35.5. The van der Waals surface area contributed by atoms with Crippen molar-refractivity contribution in [2.24, 2.45) is 0 Å². The number of nitrogens with zero attached hydrogens (tertiary/aromatic N) is 1. The summed E-state index contributed by atoms with van der Waals surface area (Å²) in [5.74, 6) is -1.65. The number of imide groups is 2. The highest BCUT2D eigenvalue weighted by molar-refractivity contribution is 6.33. The number of ether oxygens (including phenoxy) is 3. The summed E-state index contributed by atoms with van der Waals surface area (Å²) in [6.45, 7) is -0.537. The van der Waals surface area contributed by atoms with Gasteiger partial charge < -0.3 is 18.6 Å². The summed E-state index contributed by atoms with van der Waals surface area (Å²) in [7, 11) is 2.57. The number of amides is 4. The van der Waals surface area contributed by atoms with E-state index >= 15 is 0 Å². The first-order valence-corrected chi connectivity index (χ1v) is 9.20. The molecule has 1 aliphatic heterocycles. The lowest BCUT2D eigenvalue weighted by Gasteiger charge is -2.25. The van der Waals surface area contributed by atoms with Gasteiger partial charge in [0.05, 0.1) is 32.1 Å². The van der Waals surface area contributed by atoms with Gasteiger partial charge in [-0.3, -0.25) is 19.8 Å². The number of halogens is 1. The highest BCUT2D eigenvalue weighted by Gasteiger charge is 2.36. The molecule has 1 aromatic carbocycles. The molecule has 0 atom stereocenters. The van der Waals surface area contributed by atoms with Crippen LogP contribution in [0, 0.1) is 0 Å². The number of urea groups is 1. The Bertz CT molecular complexity index is 1060. The lowest BCUT2D eigenvalue weighted by atomic mass is 10.1. The minimum atomic E-state index is -0.856. The minimum absolute atomic E-state index is 0.0716. The monoisotopic (exact) mass is 448 g/mol. The van der Waals surface area contributed by atoms with Crippen LogP contribution in [0.2, 0.25) is 5.02 Å². The molecular formula is C20H17ClN2O8. The van der Waals surface area contributed by atoms with E-state index in [1.54, 1.807) is 12.1 Å². The SMILES string of the molecule is COC(=O)COc1c(Cl)cc(/C=C2\C(=O)NC(=O)N(Cc3ccco3)C2=O)cc1OC. The summed E-state index contributed by atoms with van der Waals surface area (Å²) in [5.41, 5.74) is 0.0468. The molecule has 0 bridgehead atoms. The molecule has 3 rings (SSSR count). The van der Waals surface area contributed by atoms with E-state index in [1.165, 1.54) is 38.7 Å². The molecule has 11 heteroatoms. The number of nitrogens with one attached hydrogen (secondary N) is 1. The molecule has 1 N–H and O–H groups in total. The number of furan rings is 1. The lowest BCUT2D eigenvalue weighted by Crippen LogP contribution is -2.53. The second-order valence-electron chi connectivity index (χ2n) is 6.19. The number of esters is 1. The smallest absolute Gasteiger partial charge is 0.343 e. The van der Waals surface area contributed by atoms with E-state index in [-0.39, 0.29) is 28.6 Å². The Morgan fingerprint density at radius 1 is 1.26 bits per heavy atom. The van der Waals surface area contributed by atoms with Crippen molar-refractivity contribution in [1.82, 2.24) is 10.2 Å². The summed E-state index contributed by atoms with van der Waals surface area (Å²) in [6.07, 6.45) is 2.67. The zero-order valence-electron chi connectivity index (χ0n) is 16.5. The molecule has 10 nitrogen and oxygen atoms in total. The fourth-order valence-corrected chi connectivity index (χ4v) is 2.99. The predicted octanol–water partition coefficient (Wildman–Crippen LogP) is 2.16. The molecular weight excluding hydrogens is 432 g/mol. The number of carbonyl (C=O) groups is 4. The van der Waals surface area contributed by atoms with E-state index in [0.29, 0.717) is 11.3 Å². The quantitative estimate of drug-likeness (QED) is 0.388. The Labute approximate surface area is 181 Å². The molecule has 1 aromatic heterocycles. The van der Waals surface area contributed by atoms with E-state index < -0.39 is 30.4 Å². The third-order valence-electron chi connectivity index (χ3n) is 4.20. The van der Waals surface area contributed by atoms with E-state index in [4.69, 9.17) is 25.5 Å². The van der Waals surface area contributed by atoms with Crippen LogP contribution < -0.4 is 14.8 Å².